The number of alkyl halides is 2. The Labute approximate surface area is 109 Å². The van der Waals surface area contributed by atoms with Gasteiger partial charge in [-0.05, 0) is 26.2 Å². The number of nitrogens with one attached hydrogen (secondary N) is 1. The molecule has 5 nitrogen and oxygen atoms in total. The van der Waals surface area contributed by atoms with Crippen molar-refractivity contribution in [2.75, 3.05) is 19.6 Å². The third kappa shape index (κ3) is 2.20. The van der Waals surface area contributed by atoms with Crippen LogP contribution in [-0.4, -0.2) is 53.0 Å². The summed E-state index contributed by atoms with van der Waals surface area (Å²) in [6, 6.07) is 0. The van der Waals surface area contributed by atoms with Crippen LogP contribution in [0.5, 0.6) is 0 Å². The normalized spacial score (nSPS) is 22.4. The molecule has 1 saturated carbocycles. The zero-order valence-corrected chi connectivity index (χ0v) is 10.8. The summed E-state index contributed by atoms with van der Waals surface area (Å²) in [5.41, 5.74) is -2.19. The maximum absolute atomic E-state index is 13.9. The van der Waals surface area contributed by atoms with E-state index in [1.54, 1.807) is 6.92 Å². The van der Waals surface area contributed by atoms with Gasteiger partial charge in [0.25, 0.3) is 5.91 Å². The van der Waals surface area contributed by atoms with E-state index in [-0.39, 0.29) is 31.8 Å². The van der Waals surface area contributed by atoms with Crippen LogP contribution in [-0.2, 0) is 9.59 Å². The second-order valence-corrected chi connectivity index (χ2v) is 5.26. The first-order valence-corrected chi connectivity index (χ1v) is 6.49. The second kappa shape index (κ2) is 4.70. The fraction of sp³-hybridized carbons (Fsp3) is 0.833. The molecule has 1 aliphatic heterocycles. The summed E-state index contributed by atoms with van der Waals surface area (Å²) in [6.45, 7) is 2.23. The fourth-order valence-corrected chi connectivity index (χ4v) is 2.35. The van der Waals surface area contributed by atoms with Gasteiger partial charge in [-0.3, -0.25) is 9.59 Å². The average Bonchev–Trinajstić information content (AvgIpc) is 2.23. The van der Waals surface area contributed by atoms with Crippen LogP contribution in [0.25, 0.3) is 0 Å². The highest BCUT2D eigenvalue weighted by molar-refractivity contribution is 5.89. The van der Waals surface area contributed by atoms with Crippen LogP contribution in [0.15, 0.2) is 0 Å². The highest BCUT2D eigenvalue weighted by atomic mass is 19.3. The van der Waals surface area contributed by atoms with E-state index in [0.717, 1.165) is 4.90 Å². The number of hydrogen-bond donors (Lipinski definition) is 2. The summed E-state index contributed by atoms with van der Waals surface area (Å²) in [4.78, 5) is 24.1. The quantitative estimate of drug-likeness (QED) is 0.767. The predicted octanol–water partition coefficient (Wildman–Crippen LogP) is 0.131. The molecule has 0 aromatic carbocycles. The number of carbonyl (C=O) groups is 2. The minimum Gasteiger partial charge on any atom is -0.383 e. The van der Waals surface area contributed by atoms with Crippen molar-refractivity contribution in [1.29, 1.82) is 0 Å². The molecule has 0 bridgehead atoms. The second-order valence-electron chi connectivity index (χ2n) is 5.26. The summed E-state index contributed by atoms with van der Waals surface area (Å²) in [6.07, 6.45) is 0.388. The van der Waals surface area contributed by atoms with Crippen LogP contribution in [0.3, 0.4) is 0 Å². The molecule has 2 N–H and O–H groups in total. The van der Waals surface area contributed by atoms with Crippen LogP contribution in [0, 0.1) is 5.92 Å². The third-order valence-electron chi connectivity index (χ3n) is 3.92. The number of amides is 2. The van der Waals surface area contributed by atoms with E-state index in [1.807, 2.05) is 0 Å². The molecule has 2 aliphatic rings. The summed E-state index contributed by atoms with van der Waals surface area (Å²) in [5, 5.41) is 12.2. The van der Waals surface area contributed by atoms with E-state index in [0.29, 0.717) is 13.0 Å². The number of likely N-dealkylation sites (tertiary alicyclic amines) is 1. The van der Waals surface area contributed by atoms with Crippen molar-refractivity contribution in [3.8, 4) is 0 Å². The van der Waals surface area contributed by atoms with Crippen molar-refractivity contribution in [1.82, 2.24) is 10.2 Å². The molecule has 2 rings (SSSR count). The Kier molecular flexibility index (Phi) is 3.51. The summed E-state index contributed by atoms with van der Waals surface area (Å²) < 4.78 is 27.7. The van der Waals surface area contributed by atoms with E-state index in [2.05, 4.69) is 5.32 Å². The summed E-state index contributed by atoms with van der Waals surface area (Å²) in [5.74, 6) is -5.76. The molecule has 0 spiro atoms. The standard InChI is InChI=1S/C12H18F2N2O3/c1-2-15-9(17)8-6-16(7-8)10(18)12(13,14)11(19)4-3-5-11/h8,19H,2-7H2,1H3,(H,15,17). The molecule has 1 aliphatic carbocycles. The number of rotatable bonds is 4. The minimum absolute atomic E-state index is 0.00363. The molecular formula is C12H18F2N2O3. The molecule has 0 atom stereocenters. The Morgan fingerprint density at radius 3 is 2.42 bits per heavy atom. The monoisotopic (exact) mass is 276 g/mol. The third-order valence-corrected chi connectivity index (χ3v) is 3.92. The van der Waals surface area contributed by atoms with Crippen LogP contribution in [0.2, 0.25) is 0 Å². The summed E-state index contributed by atoms with van der Waals surface area (Å²) >= 11 is 0. The highest BCUT2D eigenvalue weighted by Crippen LogP contribution is 2.45. The van der Waals surface area contributed by atoms with Gasteiger partial charge in [0, 0.05) is 19.6 Å². The molecule has 2 fully saturated rings. The van der Waals surface area contributed by atoms with Crippen molar-refractivity contribution < 1.29 is 23.5 Å². The first-order valence-electron chi connectivity index (χ1n) is 6.49. The maximum atomic E-state index is 13.9. The number of halogens is 2. The number of carbonyl (C=O) groups excluding carboxylic acids is 2. The molecule has 108 valence electrons. The first kappa shape index (κ1) is 14.2. The predicted molar refractivity (Wildman–Crippen MR) is 62.5 cm³/mol. The van der Waals surface area contributed by atoms with Crippen molar-refractivity contribution in [3.05, 3.63) is 0 Å². The van der Waals surface area contributed by atoms with E-state index in [1.165, 1.54) is 0 Å². The van der Waals surface area contributed by atoms with Gasteiger partial charge in [-0.15, -0.1) is 0 Å². The lowest BCUT2D eigenvalue weighted by Crippen LogP contribution is -2.66. The molecule has 7 heteroatoms. The maximum Gasteiger partial charge on any atom is 0.352 e. The molecular weight excluding hydrogens is 258 g/mol. The molecule has 19 heavy (non-hydrogen) atoms. The Bertz CT molecular complexity index is 390. The van der Waals surface area contributed by atoms with Crippen molar-refractivity contribution in [2.45, 2.75) is 37.7 Å². The topological polar surface area (TPSA) is 69.6 Å². The molecule has 0 unspecified atom stereocenters. The Balaban J connectivity index is 1.91. The van der Waals surface area contributed by atoms with Gasteiger partial charge < -0.3 is 15.3 Å². The minimum atomic E-state index is -3.75. The van der Waals surface area contributed by atoms with Crippen LogP contribution < -0.4 is 5.32 Å². The molecule has 0 radical (unpaired) electrons. The number of aliphatic hydroxyl groups is 1. The molecule has 1 saturated heterocycles. The van der Waals surface area contributed by atoms with Gasteiger partial charge in [0.1, 0.15) is 5.60 Å². The Morgan fingerprint density at radius 2 is 2.00 bits per heavy atom. The summed E-state index contributed by atoms with van der Waals surface area (Å²) in [7, 11) is 0. The average molecular weight is 276 g/mol. The van der Waals surface area contributed by atoms with E-state index in [4.69, 9.17) is 0 Å². The van der Waals surface area contributed by atoms with Gasteiger partial charge in [-0.2, -0.15) is 8.78 Å². The lowest BCUT2D eigenvalue weighted by Gasteiger charge is -2.46. The molecule has 2 amide bonds. The zero-order chi connectivity index (χ0) is 14.3. The number of hydrogen-bond acceptors (Lipinski definition) is 3. The van der Waals surface area contributed by atoms with Gasteiger partial charge in [-0.25, -0.2) is 0 Å². The molecule has 0 aromatic rings. The fourth-order valence-electron chi connectivity index (χ4n) is 2.35. The van der Waals surface area contributed by atoms with Crippen LogP contribution in [0.1, 0.15) is 26.2 Å². The van der Waals surface area contributed by atoms with E-state index in [9.17, 15) is 23.5 Å². The Hall–Kier alpha value is -1.24. The zero-order valence-electron chi connectivity index (χ0n) is 10.8. The van der Waals surface area contributed by atoms with Gasteiger partial charge >= 0.3 is 5.92 Å². The van der Waals surface area contributed by atoms with E-state index >= 15 is 0 Å². The van der Waals surface area contributed by atoms with E-state index < -0.39 is 23.3 Å². The SMILES string of the molecule is CCNC(=O)C1CN(C(=O)C(F)(F)C2(O)CCC2)C1. The lowest BCUT2D eigenvalue weighted by molar-refractivity contribution is -0.227. The molecule has 1 heterocycles. The van der Waals surface area contributed by atoms with Crippen molar-refractivity contribution >= 4 is 11.8 Å². The van der Waals surface area contributed by atoms with Crippen molar-refractivity contribution in [2.24, 2.45) is 5.92 Å². The number of nitrogens with zero attached hydrogens (tertiary/aromatic N) is 1. The van der Waals surface area contributed by atoms with Crippen molar-refractivity contribution in [3.63, 3.8) is 0 Å². The molecule has 0 aromatic heterocycles. The van der Waals surface area contributed by atoms with Gasteiger partial charge in [0.15, 0.2) is 0 Å². The lowest BCUT2D eigenvalue weighted by atomic mass is 9.74. The van der Waals surface area contributed by atoms with Gasteiger partial charge in [0.05, 0.1) is 5.92 Å². The van der Waals surface area contributed by atoms with Crippen LogP contribution in [0.4, 0.5) is 8.78 Å². The highest BCUT2D eigenvalue weighted by Gasteiger charge is 2.63. The first-order chi connectivity index (χ1) is 8.82. The van der Waals surface area contributed by atoms with Crippen LogP contribution >= 0.6 is 0 Å². The Morgan fingerprint density at radius 1 is 1.42 bits per heavy atom. The van der Waals surface area contributed by atoms with Gasteiger partial charge in [0.2, 0.25) is 5.91 Å². The van der Waals surface area contributed by atoms with Gasteiger partial charge in [-0.1, -0.05) is 0 Å². The smallest absolute Gasteiger partial charge is 0.352 e. The largest absolute Gasteiger partial charge is 0.383 e.